The number of likely N-dealkylation sites (tertiary alicyclic amines) is 1. The number of hydrogen-bond donors (Lipinski definition) is 3. The van der Waals surface area contributed by atoms with Crippen LogP contribution in [0.2, 0.25) is 5.02 Å². The molecule has 5 fully saturated rings. The van der Waals surface area contributed by atoms with Gasteiger partial charge in [-0.25, -0.2) is 18.2 Å². The monoisotopic (exact) mass is 941 g/mol. The number of aryl methyl sites for hydroxylation is 2. The lowest BCUT2D eigenvalue weighted by molar-refractivity contribution is -0.134. The van der Waals surface area contributed by atoms with E-state index in [1.54, 1.807) is 26.4 Å². The molecule has 11 rings (SSSR count). The smallest absolute Gasteiger partial charge is 0.301 e. The van der Waals surface area contributed by atoms with E-state index in [1.165, 1.54) is 9.25 Å². The number of benzene rings is 2. The van der Waals surface area contributed by atoms with Crippen LogP contribution in [0.4, 0.5) is 42.0 Å². The number of rotatable bonds is 8. The molecule has 2 aromatic carbocycles. The van der Waals surface area contributed by atoms with Gasteiger partial charge in [-0.15, -0.1) is 0 Å². The van der Waals surface area contributed by atoms with Crippen molar-refractivity contribution in [2.45, 2.75) is 82.1 Å². The summed E-state index contributed by atoms with van der Waals surface area (Å²) < 4.78 is 55.0. The number of ether oxygens (including phenoxy) is 1. The maximum Gasteiger partial charge on any atom is 0.301 e. The summed E-state index contributed by atoms with van der Waals surface area (Å²) in [6.07, 6.45) is 9.93. The number of pyridine rings is 1. The van der Waals surface area contributed by atoms with Gasteiger partial charge in [-0.2, -0.15) is 10.1 Å². The maximum absolute atomic E-state index is 16.2. The number of aromatic nitrogens is 5. The van der Waals surface area contributed by atoms with Gasteiger partial charge in [-0.05, 0) is 118 Å². The topological polar surface area (TPSA) is 155 Å². The fourth-order valence-corrected chi connectivity index (χ4v) is 11.6. The van der Waals surface area contributed by atoms with E-state index in [0.717, 1.165) is 84.3 Å². The summed E-state index contributed by atoms with van der Waals surface area (Å²) in [4.78, 5) is 54.1. The summed E-state index contributed by atoms with van der Waals surface area (Å²) in [5.74, 6) is -3.45. The second-order valence-electron chi connectivity index (χ2n) is 19.8. The fraction of sp³-hybridized carbons (Fsp3) is 0.542. The van der Waals surface area contributed by atoms with Crippen LogP contribution >= 0.6 is 11.6 Å². The molecule has 0 radical (unpaired) electrons. The molecule has 0 bridgehead atoms. The molecule has 3 N–H and O–H groups in total. The van der Waals surface area contributed by atoms with Crippen molar-refractivity contribution in [3.63, 3.8) is 0 Å². The highest BCUT2D eigenvalue weighted by atomic mass is 35.5. The Balaban J connectivity index is 0.691. The molecule has 8 heterocycles. The number of alkyl halides is 2. The molecular weight excluding hydrogens is 887 g/mol. The van der Waals surface area contributed by atoms with Crippen LogP contribution in [0.3, 0.4) is 0 Å². The third kappa shape index (κ3) is 8.10. The van der Waals surface area contributed by atoms with Gasteiger partial charge in [0.15, 0.2) is 18.2 Å². The molecular formula is C48H55ClF3N11O4. The van der Waals surface area contributed by atoms with Gasteiger partial charge < -0.3 is 34.6 Å². The van der Waals surface area contributed by atoms with Gasteiger partial charge >= 0.3 is 5.92 Å². The summed E-state index contributed by atoms with van der Waals surface area (Å²) in [6.45, 7) is 5.49. The van der Waals surface area contributed by atoms with Crippen molar-refractivity contribution in [1.82, 2.24) is 34.5 Å². The van der Waals surface area contributed by atoms with Crippen LogP contribution < -0.4 is 36.0 Å². The Morgan fingerprint density at radius 3 is 2.39 bits per heavy atom. The molecule has 4 saturated heterocycles. The van der Waals surface area contributed by atoms with E-state index in [-0.39, 0.29) is 46.8 Å². The Morgan fingerprint density at radius 1 is 0.910 bits per heavy atom. The fourth-order valence-electron chi connectivity index (χ4n) is 11.4. The molecule has 1 aliphatic carbocycles. The number of carbonyl (C=O) groups is 2. The Bertz CT molecular complexity index is 2840. The zero-order chi connectivity index (χ0) is 46.4. The number of amides is 2. The van der Waals surface area contributed by atoms with E-state index in [4.69, 9.17) is 21.3 Å². The molecule has 2 amide bonds. The summed E-state index contributed by atoms with van der Waals surface area (Å²) in [7, 11) is 3.31. The average Bonchev–Trinajstić information content (AvgIpc) is 4.12. The number of hydrogen-bond acceptors (Lipinski definition) is 12. The minimum absolute atomic E-state index is 0.107. The van der Waals surface area contributed by atoms with E-state index in [1.807, 2.05) is 24.3 Å². The molecule has 6 aliphatic rings. The summed E-state index contributed by atoms with van der Waals surface area (Å²) in [5, 5.41) is 14.8. The van der Waals surface area contributed by atoms with Gasteiger partial charge in [0.1, 0.15) is 10.5 Å². The van der Waals surface area contributed by atoms with Crippen LogP contribution in [-0.2, 0) is 23.7 Å². The Hall–Kier alpha value is -5.62. The van der Waals surface area contributed by atoms with Gasteiger partial charge in [0.25, 0.3) is 5.56 Å². The van der Waals surface area contributed by atoms with Gasteiger partial charge in [0.05, 0.1) is 40.7 Å². The van der Waals surface area contributed by atoms with Crippen molar-refractivity contribution < 1.29 is 27.5 Å². The molecule has 354 valence electrons. The van der Waals surface area contributed by atoms with Gasteiger partial charge in [0.2, 0.25) is 23.5 Å². The lowest BCUT2D eigenvalue weighted by atomic mass is 9.71. The minimum Gasteiger partial charge on any atom is -0.480 e. The molecule has 19 heteroatoms. The van der Waals surface area contributed by atoms with Crippen molar-refractivity contribution in [3.05, 3.63) is 63.4 Å². The van der Waals surface area contributed by atoms with Crippen LogP contribution in [0.5, 0.6) is 5.75 Å². The molecule has 5 aromatic rings. The Morgan fingerprint density at radius 2 is 1.66 bits per heavy atom. The standard InChI is InChI=1S/C48H55ClF3N11O4/c1-59-34-8-5-29(23-32(34)39-41(45(59)66)67-26-48(51,52)42(56-39)28-3-4-28)54-43-33(49)24-53-46(57-43)63-21-15-47(16-22-63)13-19-61(20-14-47)25-27-11-17-62(18-12-27)35-9-6-30-38(58-60(2)40(30)37(35)50)31-7-10-36(64)55-44(31)65/h5-6,8-9,23-24,27-28,31,42,56H,3-4,7,10-22,25-26H2,1-2H3,(H,53,54,57)(H,55,64,65)/t31?,42-/m0/s1. The van der Waals surface area contributed by atoms with Crippen LogP contribution in [0.25, 0.3) is 21.8 Å². The summed E-state index contributed by atoms with van der Waals surface area (Å²) >= 11 is 6.66. The van der Waals surface area contributed by atoms with E-state index < -0.39 is 30.0 Å². The van der Waals surface area contributed by atoms with Crippen molar-refractivity contribution in [1.29, 1.82) is 0 Å². The number of nitrogens with zero attached hydrogens (tertiary/aromatic N) is 8. The Kier molecular flexibility index (Phi) is 11.1. The molecule has 5 aliphatic heterocycles. The van der Waals surface area contributed by atoms with Crippen LogP contribution in [0, 0.1) is 23.1 Å². The summed E-state index contributed by atoms with van der Waals surface area (Å²) in [6, 6.07) is 7.96. The number of piperidine rings is 4. The molecule has 2 atom stereocenters. The number of halogens is 4. The average molecular weight is 942 g/mol. The maximum atomic E-state index is 16.2. The first-order valence-electron chi connectivity index (χ1n) is 23.7. The van der Waals surface area contributed by atoms with Gasteiger partial charge in [-0.3, -0.25) is 24.4 Å². The first kappa shape index (κ1) is 43.9. The molecule has 1 unspecified atom stereocenters. The first-order chi connectivity index (χ1) is 32.2. The van der Waals surface area contributed by atoms with Crippen LogP contribution in [0.1, 0.15) is 75.8 Å². The van der Waals surface area contributed by atoms with E-state index in [9.17, 15) is 14.4 Å². The predicted octanol–water partition coefficient (Wildman–Crippen LogP) is 7.09. The van der Waals surface area contributed by atoms with Crippen LogP contribution in [-0.4, -0.2) is 105 Å². The molecule has 67 heavy (non-hydrogen) atoms. The van der Waals surface area contributed by atoms with Crippen molar-refractivity contribution in [3.8, 4) is 5.75 Å². The molecule has 1 saturated carbocycles. The third-order valence-electron chi connectivity index (χ3n) is 15.6. The number of fused-ring (bicyclic) bond motifs is 4. The van der Waals surface area contributed by atoms with Crippen LogP contribution in [0.15, 0.2) is 41.3 Å². The molecule has 1 spiro atoms. The Labute approximate surface area is 390 Å². The normalized spacial score (nSPS) is 23.5. The second-order valence-corrected chi connectivity index (χ2v) is 20.2. The number of carbonyl (C=O) groups excluding carboxylic acids is 2. The van der Waals surface area contributed by atoms with Crippen molar-refractivity contribution in [2.75, 3.05) is 72.9 Å². The lowest BCUT2D eigenvalue weighted by Gasteiger charge is -2.47. The van der Waals surface area contributed by atoms with E-state index >= 15 is 13.2 Å². The van der Waals surface area contributed by atoms with Crippen molar-refractivity contribution in [2.24, 2.45) is 31.3 Å². The number of nitrogens with one attached hydrogen (secondary N) is 3. The third-order valence-corrected chi connectivity index (χ3v) is 15.9. The summed E-state index contributed by atoms with van der Waals surface area (Å²) in [5.41, 5.74) is 2.73. The SMILES string of the molecule is Cn1nc(C2CCC(=O)NC2=O)c2ccc(N3CCC(CN4CCC5(CC4)CCN(c4ncc(Cl)c(Nc6ccc7c(c6)c6c(c(=O)n7C)OCC(F)(F)[C@H](C7CC7)N6)n4)CC5)CC3)c(F)c21. The van der Waals surface area contributed by atoms with E-state index in [0.29, 0.717) is 80.8 Å². The number of anilines is 5. The highest BCUT2D eigenvalue weighted by molar-refractivity contribution is 6.33. The zero-order valence-corrected chi connectivity index (χ0v) is 38.5. The molecule has 3 aromatic heterocycles. The minimum atomic E-state index is -3.13. The zero-order valence-electron chi connectivity index (χ0n) is 37.7. The highest BCUT2D eigenvalue weighted by Gasteiger charge is 2.51. The van der Waals surface area contributed by atoms with Gasteiger partial charge in [0, 0.05) is 69.7 Å². The molecule has 15 nitrogen and oxygen atoms in total. The van der Waals surface area contributed by atoms with Gasteiger partial charge in [-0.1, -0.05) is 11.6 Å². The van der Waals surface area contributed by atoms with E-state index in [2.05, 4.69) is 40.7 Å². The van der Waals surface area contributed by atoms with Crippen molar-refractivity contribution >= 4 is 74.0 Å². The second kappa shape index (κ2) is 16.9. The highest BCUT2D eigenvalue weighted by Crippen LogP contribution is 2.47. The number of imide groups is 1. The lowest BCUT2D eigenvalue weighted by Crippen LogP contribution is -2.48. The largest absolute Gasteiger partial charge is 0.480 e. The quantitative estimate of drug-likeness (QED) is 0.136. The first-order valence-corrected chi connectivity index (χ1v) is 24.1. The predicted molar refractivity (Wildman–Crippen MR) is 250 cm³/mol.